The zero-order valence-corrected chi connectivity index (χ0v) is 18.4. The first kappa shape index (κ1) is 20.7. The van der Waals surface area contributed by atoms with Crippen LogP contribution in [0.4, 0.5) is 0 Å². The van der Waals surface area contributed by atoms with Gasteiger partial charge in [0.25, 0.3) is 0 Å². The van der Waals surface area contributed by atoms with Crippen LogP contribution in [0.5, 0.6) is 0 Å². The molecule has 3 nitrogen and oxygen atoms in total. The Bertz CT molecular complexity index is 638. The van der Waals surface area contributed by atoms with E-state index in [9.17, 15) is 4.79 Å². The summed E-state index contributed by atoms with van der Waals surface area (Å²) < 4.78 is 3.39. The molecule has 1 aromatic rings. The molecule has 4 heteroatoms. The van der Waals surface area contributed by atoms with E-state index in [1.165, 1.54) is 31.2 Å². The van der Waals surface area contributed by atoms with E-state index in [1.54, 1.807) is 11.9 Å². The second-order valence-electron chi connectivity index (χ2n) is 9.48. The van der Waals surface area contributed by atoms with Gasteiger partial charge in [-0.05, 0) is 99.3 Å². The highest BCUT2D eigenvalue weighted by molar-refractivity contribution is 7.97. The van der Waals surface area contributed by atoms with Crippen LogP contribution in [-0.4, -0.2) is 17.5 Å². The first-order chi connectivity index (χ1) is 12.8. The lowest BCUT2D eigenvalue weighted by atomic mass is 9.63. The van der Waals surface area contributed by atoms with Gasteiger partial charge in [-0.25, -0.2) is 4.72 Å². The van der Waals surface area contributed by atoms with Gasteiger partial charge in [0.1, 0.15) is 5.54 Å². The summed E-state index contributed by atoms with van der Waals surface area (Å²) in [4.78, 5) is 14.2. The minimum Gasteiger partial charge on any atom is -0.351 e. The second kappa shape index (κ2) is 8.57. The lowest BCUT2D eigenvalue weighted by Crippen LogP contribution is -2.58. The number of aryl methyl sites for hydroxylation is 1. The van der Waals surface area contributed by atoms with Crippen molar-refractivity contribution in [3.63, 3.8) is 0 Å². The van der Waals surface area contributed by atoms with Gasteiger partial charge in [-0.1, -0.05) is 32.9 Å². The molecule has 1 aromatic carbocycles. The number of hydrogen-bond acceptors (Lipinski definition) is 3. The highest BCUT2D eigenvalue weighted by Gasteiger charge is 2.42. The van der Waals surface area contributed by atoms with E-state index < -0.39 is 5.54 Å². The van der Waals surface area contributed by atoms with Gasteiger partial charge < -0.3 is 5.32 Å². The van der Waals surface area contributed by atoms with E-state index in [2.05, 4.69) is 55.1 Å². The van der Waals surface area contributed by atoms with Crippen LogP contribution in [0, 0.1) is 23.7 Å². The molecule has 150 valence electrons. The van der Waals surface area contributed by atoms with E-state index in [1.807, 2.05) is 13.8 Å². The molecule has 1 amide bonds. The van der Waals surface area contributed by atoms with Crippen molar-refractivity contribution in [3.05, 3.63) is 29.8 Å². The first-order valence-electron chi connectivity index (χ1n) is 10.6. The fraction of sp³-hybridized carbons (Fsp3) is 0.696. The molecule has 5 unspecified atom stereocenters. The molecule has 2 saturated carbocycles. The number of fused-ring (bicyclic) bond motifs is 2. The number of carbonyl (C=O) groups is 1. The van der Waals surface area contributed by atoms with E-state index in [0.29, 0.717) is 17.9 Å². The summed E-state index contributed by atoms with van der Waals surface area (Å²) in [6.07, 6.45) is 6.25. The Kier molecular flexibility index (Phi) is 6.58. The number of carbonyl (C=O) groups excluding carboxylic acids is 1. The van der Waals surface area contributed by atoms with Gasteiger partial charge >= 0.3 is 0 Å². The predicted molar refractivity (Wildman–Crippen MR) is 115 cm³/mol. The molecule has 27 heavy (non-hydrogen) atoms. The fourth-order valence-corrected chi connectivity index (χ4v) is 5.78. The summed E-state index contributed by atoms with van der Waals surface area (Å²) in [6.45, 7) is 10.8. The number of hydrogen-bond donors (Lipinski definition) is 2. The van der Waals surface area contributed by atoms with Crippen LogP contribution in [0.15, 0.2) is 29.2 Å². The topological polar surface area (TPSA) is 41.1 Å². The molecule has 2 aliphatic rings. The number of benzene rings is 1. The molecule has 0 spiro atoms. The second-order valence-corrected chi connectivity index (χ2v) is 10.4. The average molecular weight is 389 g/mol. The van der Waals surface area contributed by atoms with Crippen LogP contribution in [0.1, 0.15) is 65.9 Å². The third-order valence-corrected chi connectivity index (χ3v) is 7.64. The zero-order chi connectivity index (χ0) is 19.6. The molecule has 5 atom stereocenters. The van der Waals surface area contributed by atoms with E-state index in [-0.39, 0.29) is 5.91 Å². The molecule has 0 aliphatic heterocycles. The third kappa shape index (κ3) is 5.08. The van der Waals surface area contributed by atoms with Crippen molar-refractivity contribution in [1.29, 1.82) is 0 Å². The maximum absolute atomic E-state index is 13.1. The highest BCUT2D eigenvalue weighted by atomic mass is 32.2. The Hall–Kier alpha value is -1.00. The third-order valence-electron chi connectivity index (χ3n) is 6.52. The lowest BCUT2D eigenvalue weighted by Gasteiger charge is -2.47. The van der Waals surface area contributed by atoms with Crippen LogP contribution in [0.2, 0.25) is 0 Å². The van der Waals surface area contributed by atoms with Gasteiger partial charge in [-0.3, -0.25) is 4.79 Å². The summed E-state index contributed by atoms with van der Waals surface area (Å²) in [5.41, 5.74) is 0.730. The minimum absolute atomic E-state index is 0.119. The first-order valence-corrected chi connectivity index (χ1v) is 11.4. The predicted octanol–water partition coefficient (Wildman–Crippen LogP) is 5.20. The Morgan fingerprint density at radius 3 is 2.48 bits per heavy atom. The van der Waals surface area contributed by atoms with E-state index in [0.717, 1.165) is 23.2 Å². The van der Waals surface area contributed by atoms with Crippen molar-refractivity contribution in [3.8, 4) is 0 Å². The van der Waals surface area contributed by atoms with Crippen molar-refractivity contribution in [2.75, 3.05) is 0 Å². The standard InChI is InChI=1S/C23H36N2OS/c1-6-17-7-9-20(10-8-17)27-25-23(4,5)22(26)24-21-16(3)13-18-11-15(2)12-19(21)14-18/h7-10,15-16,18-19,21,25H,6,11-14H2,1-5H3,(H,24,26). The number of nitrogens with one attached hydrogen (secondary N) is 2. The van der Waals surface area contributed by atoms with E-state index in [4.69, 9.17) is 0 Å². The Morgan fingerprint density at radius 2 is 1.81 bits per heavy atom. The SMILES string of the molecule is CCc1ccc(SNC(C)(C)C(=O)NC2C(C)CC3CC(C)CC2C3)cc1. The molecule has 3 rings (SSSR count). The summed E-state index contributed by atoms with van der Waals surface area (Å²) in [7, 11) is 0. The maximum atomic E-state index is 13.1. The Balaban J connectivity index is 1.58. The molecule has 0 saturated heterocycles. The van der Waals surface area contributed by atoms with Crippen molar-refractivity contribution in [2.45, 2.75) is 83.2 Å². The van der Waals surface area contributed by atoms with Crippen LogP contribution in [0.25, 0.3) is 0 Å². The van der Waals surface area contributed by atoms with Crippen molar-refractivity contribution in [1.82, 2.24) is 10.0 Å². The Labute approximate surface area is 169 Å². The number of rotatable bonds is 6. The van der Waals surface area contributed by atoms with Gasteiger partial charge in [0.05, 0.1) is 0 Å². The zero-order valence-electron chi connectivity index (χ0n) is 17.5. The quantitative estimate of drug-likeness (QED) is 0.658. The van der Waals surface area contributed by atoms with E-state index >= 15 is 0 Å². The van der Waals surface area contributed by atoms with Crippen LogP contribution in [-0.2, 0) is 11.2 Å². The molecular formula is C23H36N2OS. The number of amides is 1. The normalized spacial score (nSPS) is 30.8. The van der Waals surface area contributed by atoms with Gasteiger partial charge in [0, 0.05) is 10.9 Å². The molecule has 2 aliphatic carbocycles. The summed E-state index contributed by atoms with van der Waals surface area (Å²) in [5, 5.41) is 3.42. The summed E-state index contributed by atoms with van der Waals surface area (Å²) >= 11 is 1.55. The van der Waals surface area contributed by atoms with Crippen LogP contribution < -0.4 is 10.0 Å². The van der Waals surface area contributed by atoms with Gasteiger partial charge in [-0.15, -0.1) is 0 Å². The average Bonchev–Trinajstić information content (AvgIpc) is 2.63. The minimum atomic E-state index is -0.606. The van der Waals surface area contributed by atoms with Gasteiger partial charge in [0.15, 0.2) is 0 Å². The monoisotopic (exact) mass is 388 g/mol. The van der Waals surface area contributed by atoms with Gasteiger partial charge in [0.2, 0.25) is 5.91 Å². The van der Waals surface area contributed by atoms with Crippen molar-refractivity contribution in [2.24, 2.45) is 23.7 Å². The highest BCUT2D eigenvalue weighted by Crippen LogP contribution is 2.44. The molecule has 2 fully saturated rings. The summed E-state index contributed by atoms with van der Waals surface area (Å²) in [5.74, 6) is 3.02. The Morgan fingerprint density at radius 1 is 1.11 bits per heavy atom. The molecule has 2 bridgehead atoms. The largest absolute Gasteiger partial charge is 0.351 e. The van der Waals surface area contributed by atoms with Crippen LogP contribution >= 0.6 is 11.9 Å². The molecule has 0 aromatic heterocycles. The molecule has 2 N–H and O–H groups in total. The van der Waals surface area contributed by atoms with Gasteiger partial charge in [-0.2, -0.15) is 0 Å². The van der Waals surface area contributed by atoms with Crippen molar-refractivity contribution >= 4 is 17.9 Å². The van der Waals surface area contributed by atoms with Crippen molar-refractivity contribution < 1.29 is 4.79 Å². The summed E-state index contributed by atoms with van der Waals surface area (Å²) in [6, 6.07) is 8.88. The van der Waals surface area contributed by atoms with Crippen LogP contribution in [0.3, 0.4) is 0 Å². The molecular weight excluding hydrogens is 352 g/mol. The smallest absolute Gasteiger partial charge is 0.240 e. The molecule has 0 heterocycles. The maximum Gasteiger partial charge on any atom is 0.240 e. The molecule has 0 radical (unpaired) electrons. The lowest BCUT2D eigenvalue weighted by molar-refractivity contribution is -0.128. The fourth-order valence-electron chi connectivity index (χ4n) is 5.04.